The third kappa shape index (κ3) is 4.74. The maximum Gasteiger partial charge on any atom is 0.332 e. The van der Waals surface area contributed by atoms with Crippen molar-refractivity contribution in [3.05, 3.63) is 61.3 Å². The molecule has 0 aliphatic heterocycles. The number of aliphatic hydroxyl groups excluding tert-OH is 1. The molecule has 1 aromatic carbocycles. The van der Waals surface area contributed by atoms with E-state index < -0.39 is 17.1 Å². The lowest BCUT2D eigenvalue weighted by molar-refractivity contribution is 0.0217. The van der Waals surface area contributed by atoms with Crippen LogP contribution in [0.3, 0.4) is 0 Å². The monoisotopic (exact) mass is 474 g/mol. The van der Waals surface area contributed by atoms with E-state index in [1.807, 2.05) is 0 Å². The van der Waals surface area contributed by atoms with E-state index in [1.165, 1.54) is 23.7 Å². The van der Waals surface area contributed by atoms with Gasteiger partial charge in [-0.15, -0.1) is 0 Å². The van der Waals surface area contributed by atoms with Gasteiger partial charge in [-0.2, -0.15) is 0 Å². The smallest absolute Gasteiger partial charge is 0.332 e. The Morgan fingerprint density at radius 3 is 2.76 bits per heavy atom. The molecule has 4 rings (SSSR count). The Morgan fingerprint density at radius 2 is 2.09 bits per heavy atom. The number of nitrogens with zero attached hydrogens (tertiary/aromatic N) is 4. The lowest BCUT2D eigenvalue weighted by atomic mass is 9.96. The summed E-state index contributed by atoms with van der Waals surface area (Å²) in [6.07, 6.45) is 3.69. The van der Waals surface area contributed by atoms with Crippen LogP contribution in [0, 0.1) is 17.7 Å². The van der Waals surface area contributed by atoms with E-state index in [0.717, 1.165) is 23.8 Å². The Kier molecular flexibility index (Phi) is 6.98. The summed E-state index contributed by atoms with van der Waals surface area (Å²) in [6.45, 7) is 0.234. The summed E-state index contributed by atoms with van der Waals surface area (Å²) in [5.74, 6) is 5.57. The Morgan fingerprint density at radius 1 is 1.30 bits per heavy atom. The number of fused-ring (bicyclic) bond motifs is 1. The normalized spacial score (nSPS) is 13.7. The molecule has 0 bridgehead atoms. The number of aromatic nitrogens is 4. The lowest BCUT2D eigenvalue weighted by Crippen LogP contribution is -2.40. The molecule has 0 unspecified atom stereocenters. The second-order valence-corrected chi connectivity index (χ2v) is 8.39. The molecule has 0 amide bonds. The van der Waals surface area contributed by atoms with Crippen molar-refractivity contribution >= 4 is 22.8 Å². The van der Waals surface area contributed by atoms with Gasteiger partial charge in [-0.25, -0.2) is 14.2 Å². The second-order valence-electron chi connectivity index (χ2n) is 7.98. The summed E-state index contributed by atoms with van der Waals surface area (Å²) in [7, 11) is 1.52. The zero-order valence-electron chi connectivity index (χ0n) is 18.2. The van der Waals surface area contributed by atoms with Gasteiger partial charge in [0, 0.05) is 20.2 Å². The highest BCUT2D eigenvalue weighted by Crippen LogP contribution is 2.21. The minimum Gasteiger partial charge on any atom is -0.396 e. The molecular weight excluding hydrogens is 451 g/mol. The Hall–Kier alpha value is -2.93. The molecule has 0 radical (unpaired) electrons. The Labute approximate surface area is 194 Å². The molecule has 2 aromatic heterocycles. The number of ether oxygens (including phenoxy) is 1. The minimum absolute atomic E-state index is 0.00356. The van der Waals surface area contributed by atoms with Crippen LogP contribution < -0.4 is 11.2 Å². The molecule has 3 aromatic rings. The van der Waals surface area contributed by atoms with Crippen molar-refractivity contribution in [2.24, 2.45) is 7.05 Å². The molecule has 2 heterocycles. The highest BCUT2D eigenvalue weighted by molar-refractivity contribution is 6.30. The molecule has 1 aliphatic carbocycles. The average Bonchev–Trinajstić information content (AvgIpc) is 3.12. The molecule has 10 heteroatoms. The van der Waals surface area contributed by atoms with Gasteiger partial charge in [0.15, 0.2) is 17.0 Å². The van der Waals surface area contributed by atoms with Gasteiger partial charge in [-0.3, -0.25) is 13.9 Å². The highest BCUT2D eigenvalue weighted by atomic mass is 35.5. The van der Waals surface area contributed by atoms with Crippen LogP contribution in [0.2, 0.25) is 5.02 Å². The van der Waals surface area contributed by atoms with E-state index >= 15 is 0 Å². The fourth-order valence-corrected chi connectivity index (χ4v) is 3.80. The van der Waals surface area contributed by atoms with E-state index in [9.17, 15) is 14.0 Å². The van der Waals surface area contributed by atoms with Crippen LogP contribution in [0.15, 0.2) is 27.8 Å². The molecule has 1 N–H and O–H groups in total. The van der Waals surface area contributed by atoms with Crippen molar-refractivity contribution in [1.29, 1.82) is 0 Å². The van der Waals surface area contributed by atoms with Gasteiger partial charge in [-0.05, 0) is 49.3 Å². The summed E-state index contributed by atoms with van der Waals surface area (Å²) >= 11 is 5.81. The third-order valence-corrected chi connectivity index (χ3v) is 6.05. The molecule has 1 saturated carbocycles. The number of rotatable bonds is 7. The zero-order valence-corrected chi connectivity index (χ0v) is 18.9. The summed E-state index contributed by atoms with van der Waals surface area (Å²) < 4.78 is 23.6. The van der Waals surface area contributed by atoms with Crippen LogP contribution >= 0.6 is 11.6 Å². The van der Waals surface area contributed by atoms with E-state index in [-0.39, 0.29) is 60.8 Å². The summed E-state index contributed by atoms with van der Waals surface area (Å²) in [5.41, 5.74) is -0.156. The van der Waals surface area contributed by atoms with E-state index in [0.29, 0.717) is 5.56 Å². The van der Waals surface area contributed by atoms with Gasteiger partial charge in [-0.1, -0.05) is 23.6 Å². The highest BCUT2D eigenvalue weighted by Gasteiger charge is 2.20. The zero-order chi connectivity index (χ0) is 23.5. The molecule has 0 spiro atoms. The third-order valence-electron chi connectivity index (χ3n) is 5.74. The number of hydrogen-bond donors (Lipinski definition) is 1. The standard InChI is InChI=1S/C23H24ClFN4O4/c1-27-21-20(22(31)28(23(27)32)10-4-11-30)29(14-15-8-9-17(24)18(25)13-15)19(26-21)7-3-12-33-16-5-2-6-16/h8-9,13,16,30H,2,4-6,10-12,14H2,1H3. The second kappa shape index (κ2) is 9.91. The largest absolute Gasteiger partial charge is 0.396 e. The van der Waals surface area contributed by atoms with Gasteiger partial charge >= 0.3 is 5.69 Å². The van der Waals surface area contributed by atoms with E-state index in [2.05, 4.69) is 16.8 Å². The molecule has 1 aliphatic rings. The molecule has 0 atom stereocenters. The first-order valence-corrected chi connectivity index (χ1v) is 11.1. The Balaban J connectivity index is 1.82. The van der Waals surface area contributed by atoms with Crippen LogP contribution in [0.5, 0.6) is 0 Å². The molecule has 8 nitrogen and oxygen atoms in total. The van der Waals surface area contributed by atoms with Crippen LogP contribution in [-0.2, 0) is 24.9 Å². The van der Waals surface area contributed by atoms with E-state index in [1.54, 1.807) is 10.6 Å². The average molecular weight is 475 g/mol. The number of benzene rings is 1. The number of aliphatic hydroxyl groups is 1. The van der Waals surface area contributed by atoms with Crippen LogP contribution in [0.1, 0.15) is 37.1 Å². The molecule has 33 heavy (non-hydrogen) atoms. The summed E-state index contributed by atoms with van der Waals surface area (Å²) in [4.78, 5) is 30.4. The quantitative estimate of drug-likeness (QED) is 0.529. The van der Waals surface area contributed by atoms with Crippen molar-refractivity contribution in [3.63, 3.8) is 0 Å². The lowest BCUT2D eigenvalue weighted by Gasteiger charge is -2.24. The first kappa shape index (κ1) is 23.2. The van der Waals surface area contributed by atoms with Crippen molar-refractivity contribution in [1.82, 2.24) is 18.7 Å². The predicted octanol–water partition coefficient (Wildman–Crippen LogP) is 2.04. The van der Waals surface area contributed by atoms with Crippen LogP contribution in [0.25, 0.3) is 11.2 Å². The van der Waals surface area contributed by atoms with Gasteiger partial charge in [0.05, 0.1) is 17.7 Å². The molecule has 1 fully saturated rings. The predicted molar refractivity (Wildman–Crippen MR) is 122 cm³/mol. The SMILES string of the molecule is Cn1c(=O)n(CCCO)c(=O)c2c1nc(C#CCOC1CCC1)n2Cc1ccc(Cl)c(F)c1. The first-order valence-electron chi connectivity index (χ1n) is 10.8. The van der Waals surface area contributed by atoms with E-state index in [4.69, 9.17) is 21.4 Å². The molecule has 174 valence electrons. The number of hydrogen-bond acceptors (Lipinski definition) is 5. The number of imidazole rings is 1. The number of halogens is 2. The van der Waals surface area contributed by atoms with Gasteiger partial charge in [0.2, 0.25) is 0 Å². The van der Waals surface area contributed by atoms with Crippen molar-refractivity contribution < 1.29 is 14.2 Å². The van der Waals surface area contributed by atoms with Gasteiger partial charge in [0.25, 0.3) is 5.56 Å². The number of aryl methyl sites for hydroxylation is 1. The minimum atomic E-state index is -0.576. The molecule has 0 saturated heterocycles. The topological polar surface area (TPSA) is 91.3 Å². The fraction of sp³-hybridized carbons (Fsp3) is 0.435. The summed E-state index contributed by atoms with van der Waals surface area (Å²) in [5, 5.41) is 9.15. The van der Waals surface area contributed by atoms with Crippen molar-refractivity contribution in [2.75, 3.05) is 13.2 Å². The van der Waals surface area contributed by atoms with Crippen molar-refractivity contribution in [3.8, 4) is 11.8 Å². The van der Waals surface area contributed by atoms with Gasteiger partial charge < -0.3 is 14.4 Å². The van der Waals surface area contributed by atoms with Crippen molar-refractivity contribution in [2.45, 2.75) is 44.9 Å². The maximum atomic E-state index is 14.0. The fourth-order valence-electron chi connectivity index (χ4n) is 3.68. The maximum absolute atomic E-state index is 14.0. The van der Waals surface area contributed by atoms with Gasteiger partial charge in [0.1, 0.15) is 12.4 Å². The van der Waals surface area contributed by atoms with Crippen LogP contribution in [0.4, 0.5) is 4.39 Å². The summed E-state index contributed by atoms with van der Waals surface area (Å²) in [6, 6.07) is 4.39. The van der Waals surface area contributed by atoms with Crippen LogP contribution in [-0.4, -0.2) is 43.1 Å². The first-order chi connectivity index (χ1) is 15.9. The Bertz CT molecular complexity index is 1360. The molecular formula is C23H24ClFN4O4.